The molecule has 3 rings (SSSR count). The lowest BCUT2D eigenvalue weighted by Gasteiger charge is -2.19. The molecule has 1 aromatic heterocycles. The lowest BCUT2D eigenvalue weighted by Crippen LogP contribution is -2.35. The molecule has 1 saturated heterocycles. The Morgan fingerprint density at radius 2 is 2.30 bits per heavy atom. The van der Waals surface area contributed by atoms with Gasteiger partial charge in [0.2, 0.25) is 11.8 Å². The van der Waals surface area contributed by atoms with Crippen molar-refractivity contribution in [2.75, 3.05) is 25.4 Å². The zero-order valence-electron chi connectivity index (χ0n) is 11.1. The van der Waals surface area contributed by atoms with E-state index in [-0.39, 0.29) is 11.8 Å². The van der Waals surface area contributed by atoms with Gasteiger partial charge in [-0.1, -0.05) is 11.8 Å². The van der Waals surface area contributed by atoms with E-state index in [0.29, 0.717) is 37.8 Å². The molecule has 0 radical (unpaired) electrons. The molecule has 8 heteroatoms. The molecule has 1 aromatic rings. The maximum absolute atomic E-state index is 12.2. The minimum absolute atomic E-state index is 0.0152. The molecule has 0 bridgehead atoms. The van der Waals surface area contributed by atoms with Crippen LogP contribution in [-0.2, 0) is 9.59 Å². The molecule has 0 spiro atoms. The van der Waals surface area contributed by atoms with E-state index >= 15 is 0 Å². The Hall–Kier alpha value is -1.57. The number of carbonyl (C=O) groups is 2. The standard InChI is InChI=1S/C12H17N5O2S/c18-10-3-5-16(6-4-13-10)11(19)7-20-12-15-14-8-17(12)9-1-2-9/h8-9H,1-7H2,(H,13,18). The molecule has 20 heavy (non-hydrogen) atoms. The average Bonchev–Trinajstić information content (AvgIpc) is 3.21. The van der Waals surface area contributed by atoms with Crippen molar-refractivity contribution in [3.05, 3.63) is 6.33 Å². The molecule has 108 valence electrons. The van der Waals surface area contributed by atoms with Crippen LogP contribution in [0, 0.1) is 0 Å². The first kappa shape index (κ1) is 13.4. The van der Waals surface area contributed by atoms with Crippen LogP contribution in [0.15, 0.2) is 11.5 Å². The highest BCUT2D eigenvalue weighted by Crippen LogP contribution is 2.37. The van der Waals surface area contributed by atoms with Gasteiger partial charge in [0, 0.05) is 32.1 Å². The summed E-state index contributed by atoms with van der Waals surface area (Å²) in [6.07, 6.45) is 4.45. The fourth-order valence-corrected chi connectivity index (χ4v) is 3.06. The summed E-state index contributed by atoms with van der Waals surface area (Å²) in [4.78, 5) is 25.1. The molecule has 2 heterocycles. The van der Waals surface area contributed by atoms with Crippen LogP contribution >= 0.6 is 11.8 Å². The number of nitrogens with one attached hydrogen (secondary N) is 1. The van der Waals surface area contributed by atoms with Gasteiger partial charge in [0.05, 0.1) is 5.75 Å². The first-order valence-electron chi connectivity index (χ1n) is 6.81. The van der Waals surface area contributed by atoms with Gasteiger partial charge in [-0.25, -0.2) is 0 Å². The molecule has 0 unspecified atom stereocenters. The fraction of sp³-hybridized carbons (Fsp3) is 0.667. The second-order valence-electron chi connectivity index (χ2n) is 5.02. The molecule has 1 aliphatic heterocycles. The quantitative estimate of drug-likeness (QED) is 0.794. The second kappa shape index (κ2) is 5.82. The third-order valence-corrected chi connectivity index (χ3v) is 4.41. The zero-order valence-corrected chi connectivity index (χ0v) is 11.9. The average molecular weight is 295 g/mol. The van der Waals surface area contributed by atoms with Gasteiger partial charge in [0.15, 0.2) is 5.16 Å². The van der Waals surface area contributed by atoms with Crippen molar-refractivity contribution in [2.45, 2.75) is 30.5 Å². The van der Waals surface area contributed by atoms with Crippen LogP contribution in [0.1, 0.15) is 25.3 Å². The highest BCUT2D eigenvalue weighted by Gasteiger charge is 2.27. The molecular weight excluding hydrogens is 278 g/mol. The van der Waals surface area contributed by atoms with Gasteiger partial charge < -0.3 is 14.8 Å². The highest BCUT2D eigenvalue weighted by atomic mass is 32.2. The van der Waals surface area contributed by atoms with Crippen LogP contribution in [0.3, 0.4) is 0 Å². The van der Waals surface area contributed by atoms with Gasteiger partial charge >= 0.3 is 0 Å². The summed E-state index contributed by atoms with van der Waals surface area (Å²) in [5.41, 5.74) is 0. The van der Waals surface area contributed by atoms with E-state index in [1.165, 1.54) is 24.6 Å². The number of carbonyl (C=O) groups excluding carboxylic acids is 2. The van der Waals surface area contributed by atoms with Gasteiger partial charge in [0.1, 0.15) is 6.33 Å². The van der Waals surface area contributed by atoms with Crippen LogP contribution in [0.25, 0.3) is 0 Å². The van der Waals surface area contributed by atoms with Gasteiger partial charge in [0.25, 0.3) is 0 Å². The van der Waals surface area contributed by atoms with E-state index in [2.05, 4.69) is 15.5 Å². The number of amides is 2. The summed E-state index contributed by atoms with van der Waals surface area (Å²) in [6.45, 7) is 1.62. The smallest absolute Gasteiger partial charge is 0.233 e. The first-order chi connectivity index (χ1) is 9.74. The molecule has 2 fully saturated rings. The van der Waals surface area contributed by atoms with Crippen molar-refractivity contribution in [2.24, 2.45) is 0 Å². The van der Waals surface area contributed by atoms with Crippen LogP contribution in [0.5, 0.6) is 0 Å². The maximum Gasteiger partial charge on any atom is 0.233 e. The zero-order chi connectivity index (χ0) is 13.9. The normalized spacial score (nSPS) is 19.6. The third kappa shape index (κ3) is 3.12. The maximum atomic E-state index is 12.2. The third-order valence-electron chi connectivity index (χ3n) is 3.47. The summed E-state index contributed by atoms with van der Waals surface area (Å²) in [6, 6.07) is 0.516. The van der Waals surface area contributed by atoms with Crippen molar-refractivity contribution < 1.29 is 9.59 Å². The van der Waals surface area contributed by atoms with Crippen molar-refractivity contribution in [1.29, 1.82) is 0 Å². The number of nitrogens with zero attached hydrogens (tertiary/aromatic N) is 4. The van der Waals surface area contributed by atoms with E-state index in [1.807, 2.05) is 4.57 Å². The summed E-state index contributed by atoms with van der Waals surface area (Å²) >= 11 is 1.42. The molecule has 2 aliphatic rings. The molecule has 7 nitrogen and oxygen atoms in total. The molecule has 1 N–H and O–H groups in total. The van der Waals surface area contributed by atoms with Gasteiger partial charge in [-0.15, -0.1) is 10.2 Å². The lowest BCUT2D eigenvalue weighted by molar-refractivity contribution is -0.128. The van der Waals surface area contributed by atoms with Crippen LogP contribution in [0.2, 0.25) is 0 Å². The molecule has 1 aliphatic carbocycles. The Morgan fingerprint density at radius 3 is 3.10 bits per heavy atom. The molecule has 2 amide bonds. The van der Waals surface area contributed by atoms with E-state index < -0.39 is 0 Å². The van der Waals surface area contributed by atoms with Crippen molar-refractivity contribution in [3.63, 3.8) is 0 Å². The minimum Gasteiger partial charge on any atom is -0.354 e. The number of aromatic nitrogens is 3. The first-order valence-corrected chi connectivity index (χ1v) is 7.79. The molecule has 0 aromatic carbocycles. The predicted octanol–water partition coefficient (Wildman–Crippen LogP) is 0.0536. The van der Waals surface area contributed by atoms with Crippen molar-refractivity contribution in [1.82, 2.24) is 25.0 Å². The summed E-state index contributed by atoms with van der Waals surface area (Å²) in [7, 11) is 0. The largest absolute Gasteiger partial charge is 0.354 e. The monoisotopic (exact) mass is 295 g/mol. The van der Waals surface area contributed by atoms with Gasteiger partial charge in [-0.3, -0.25) is 9.59 Å². The van der Waals surface area contributed by atoms with Crippen molar-refractivity contribution >= 4 is 23.6 Å². The Balaban J connectivity index is 1.53. The van der Waals surface area contributed by atoms with Gasteiger partial charge in [-0.05, 0) is 12.8 Å². The van der Waals surface area contributed by atoms with Crippen molar-refractivity contribution in [3.8, 4) is 0 Å². The Bertz CT molecular complexity index is 514. The summed E-state index contributed by atoms with van der Waals surface area (Å²) in [5.74, 6) is 0.415. The number of hydrogen-bond acceptors (Lipinski definition) is 5. The van der Waals surface area contributed by atoms with Crippen LogP contribution in [0.4, 0.5) is 0 Å². The SMILES string of the molecule is O=C1CCN(C(=O)CSc2nncn2C2CC2)CCN1. The summed E-state index contributed by atoms with van der Waals surface area (Å²) in [5, 5.41) is 11.6. The van der Waals surface area contributed by atoms with E-state index in [1.54, 1.807) is 11.2 Å². The van der Waals surface area contributed by atoms with E-state index in [4.69, 9.17) is 0 Å². The van der Waals surface area contributed by atoms with E-state index in [0.717, 1.165) is 5.16 Å². The summed E-state index contributed by atoms with van der Waals surface area (Å²) < 4.78 is 2.05. The Morgan fingerprint density at radius 1 is 1.45 bits per heavy atom. The van der Waals surface area contributed by atoms with E-state index in [9.17, 15) is 9.59 Å². The number of thioether (sulfide) groups is 1. The molecule has 0 atom stereocenters. The second-order valence-corrected chi connectivity index (χ2v) is 5.96. The predicted molar refractivity (Wildman–Crippen MR) is 73.2 cm³/mol. The number of hydrogen-bond donors (Lipinski definition) is 1. The highest BCUT2D eigenvalue weighted by molar-refractivity contribution is 7.99. The molecule has 1 saturated carbocycles. The van der Waals surface area contributed by atoms with Crippen LogP contribution in [-0.4, -0.2) is 56.9 Å². The van der Waals surface area contributed by atoms with Crippen LogP contribution < -0.4 is 5.32 Å². The Kier molecular flexibility index (Phi) is 3.90. The van der Waals surface area contributed by atoms with Gasteiger partial charge in [-0.2, -0.15) is 0 Å². The lowest BCUT2D eigenvalue weighted by atomic mass is 10.4. The fourth-order valence-electron chi connectivity index (χ4n) is 2.17. The topological polar surface area (TPSA) is 80.1 Å². The number of rotatable bonds is 4. The Labute approximate surface area is 121 Å². The molecular formula is C12H17N5O2S. The minimum atomic E-state index is 0.0152.